The van der Waals surface area contributed by atoms with E-state index in [9.17, 15) is 0 Å². The van der Waals surface area contributed by atoms with Crippen LogP contribution in [-0.2, 0) is 6.42 Å². The molecule has 0 spiro atoms. The highest BCUT2D eigenvalue weighted by Gasteiger charge is 2.15. The Morgan fingerprint density at radius 2 is 2.21 bits per heavy atom. The van der Waals surface area contributed by atoms with Gasteiger partial charge in [0.2, 0.25) is 0 Å². The third-order valence-electron chi connectivity index (χ3n) is 2.89. The summed E-state index contributed by atoms with van der Waals surface area (Å²) in [6.45, 7) is 0. The van der Waals surface area contributed by atoms with Crippen LogP contribution >= 0.6 is 11.6 Å². The van der Waals surface area contributed by atoms with Crippen LogP contribution in [0.5, 0.6) is 5.75 Å². The van der Waals surface area contributed by atoms with Gasteiger partial charge in [0, 0.05) is 6.20 Å². The third kappa shape index (κ3) is 3.44. The average molecular weight is 278 g/mol. The lowest BCUT2D eigenvalue weighted by atomic mass is 10.0. The molecule has 0 fully saturated rings. The van der Waals surface area contributed by atoms with E-state index < -0.39 is 0 Å². The number of hydrazine groups is 1. The number of nitrogens with zero attached hydrogens (tertiary/aromatic N) is 1. The quantitative estimate of drug-likeness (QED) is 0.651. The molecule has 0 radical (unpaired) electrons. The number of hydrogen-bond donors (Lipinski definition) is 2. The van der Waals surface area contributed by atoms with Gasteiger partial charge in [-0.15, -0.1) is 0 Å². The highest BCUT2D eigenvalue weighted by Crippen LogP contribution is 2.24. The summed E-state index contributed by atoms with van der Waals surface area (Å²) in [5.74, 6) is 6.43. The highest BCUT2D eigenvalue weighted by molar-refractivity contribution is 6.31. The van der Waals surface area contributed by atoms with Crippen molar-refractivity contribution >= 4 is 11.6 Å². The second kappa shape index (κ2) is 6.52. The Labute approximate surface area is 117 Å². The maximum absolute atomic E-state index is 6.14. The molecule has 2 rings (SSSR count). The zero-order chi connectivity index (χ0) is 13.7. The molecule has 0 aliphatic heterocycles. The molecule has 0 saturated carbocycles. The number of nitrogens with two attached hydrogens (primary N) is 1. The van der Waals surface area contributed by atoms with E-state index in [-0.39, 0.29) is 6.04 Å². The molecule has 0 aliphatic carbocycles. The van der Waals surface area contributed by atoms with Crippen LogP contribution in [-0.4, -0.2) is 12.1 Å². The average Bonchev–Trinajstić information content (AvgIpc) is 2.46. The molecule has 0 aliphatic rings. The van der Waals surface area contributed by atoms with Crippen molar-refractivity contribution in [1.82, 2.24) is 10.4 Å². The molecule has 1 atom stereocenters. The maximum atomic E-state index is 6.14. The van der Waals surface area contributed by atoms with Gasteiger partial charge < -0.3 is 4.74 Å². The second-order valence-corrected chi connectivity index (χ2v) is 4.55. The molecule has 1 aromatic heterocycles. The first kappa shape index (κ1) is 13.8. The van der Waals surface area contributed by atoms with Gasteiger partial charge in [-0.1, -0.05) is 23.7 Å². The van der Waals surface area contributed by atoms with Crippen LogP contribution in [0.3, 0.4) is 0 Å². The van der Waals surface area contributed by atoms with Gasteiger partial charge in [-0.25, -0.2) is 0 Å². The monoisotopic (exact) mass is 277 g/mol. The lowest BCUT2D eigenvalue weighted by Crippen LogP contribution is -2.30. The van der Waals surface area contributed by atoms with Crippen molar-refractivity contribution in [3.63, 3.8) is 0 Å². The Hall–Kier alpha value is -1.62. The second-order valence-electron chi connectivity index (χ2n) is 4.15. The fourth-order valence-corrected chi connectivity index (χ4v) is 2.18. The van der Waals surface area contributed by atoms with E-state index in [1.807, 2.05) is 24.3 Å². The van der Waals surface area contributed by atoms with Crippen molar-refractivity contribution in [3.05, 3.63) is 58.9 Å². The number of pyridine rings is 1. The molecule has 0 bridgehead atoms. The van der Waals surface area contributed by atoms with E-state index >= 15 is 0 Å². The van der Waals surface area contributed by atoms with Gasteiger partial charge in [-0.2, -0.15) is 0 Å². The molecule has 1 aromatic carbocycles. The van der Waals surface area contributed by atoms with Gasteiger partial charge in [0.15, 0.2) is 0 Å². The molecule has 19 heavy (non-hydrogen) atoms. The number of aromatic nitrogens is 1. The molecule has 0 amide bonds. The van der Waals surface area contributed by atoms with E-state index in [0.29, 0.717) is 11.4 Å². The maximum Gasteiger partial charge on any atom is 0.119 e. The molecular weight excluding hydrogens is 262 g/mol. The first-order valence-electron chi connectivity index (χ1n) is 5.94. The Morgan fingerprint density at radius 3 is 2.89 bits per heavy atom. The summed E-state index contributed by atoms with van der Waals surface area (Å²) < 4.78 is 5.21. The molecule has 1 unspecified atom stereocenters. The fraction of sp³-hybridized carbons (Fsp3) is 0.214. The Morgan fingerprint density at radius 1 is 1.37 bits per heavy atom. The Bertz CT molecular complexity index is 548. The van der Waals surface area contributed by atoms with Gasteiger partial charge in [0.25, 0.3) is 0 Å². The van der Waals surface area contributed by atoms with E-state index in [0.717, 1.165) is 17.0 Å². The summed E-state index contributed by atoms with van der Waals surface area (Å²) in [5, 5.41) is 0.605. The van der Waals surface area contributed by atoms with Crippen LogP contribution in [0.4, 0.5) is 0 Å². The highest BCUT2D eigenvalue weighted by atomic mass is 35.5. The molecule has 4 nitrogen and oxygen atoms in total. The third-order valence-corrected chi connectivity index (χ3v) is 3.21. The summed E-state index contributed by atoms with van der Waals surface area (Å²) >= 11 is 6.14. The first-order chi connectivity index (χ1) is 9.24. The molecule has 3 N–H and O–H groups in total. The molecule has 5 heteroatoms. The summed E-state index contributed by atoms with van der Waals surface area (Å²) in [5.41, 5.74) is 4.60. The van der Waals surface area contributed by atoms with Gasteiger partial charge in [-0.05, 0) is 36.2 Å². The predicted octanol–water partition coefficient (Wildman–Crippen LogP) is 2.49. The summed E-state index contributed by atoms with van der Waals surface area (Å²) in [6, 6.07) is 11.3. The number of methoxy groups -OCH3 is 1. The number of nitrogens with one attached hydrogen (secondary N) is 1. The van der Waals surface area contributed by atoms with Crippen molar-refractivity contribution in [1.29, 1.82) is 0 Å². The van der Waals surface area contributed by atoms with E-state index in [4.69, 9.17) is 22.2 Å². The molecular formula is C14H16ClN3O. The SMILES string of the molecule is COc1cccc(CC(NN)c2ncccc2Cl)c1. The van der Waals surface area contributed by atoms with E-state index in [1.54, 1.807) is 25.4 Å². The number of benzene rings is 1. The van der Waals surface area contributed by atoms with Crippen LogP contribution < -0.4 is 16.0 Å². The van der Waals surface area contributed by atoms with Crippen LogP contribution in [0.1, 0.15) is 17.3 Å². The number of ether oxygens (including phenoxy) is 1. The summed E-state index contributed by atoms with van der Waals surface area (Å²) in [4.78, 5) is 4.28. The molecule has 100 valence electrons. The smallest absolute Gasteiger partial charge is 0.119 e. The first-order valence-corrected chi connectivity index (χ1v) is 6.32. The summed E-state index contributed by atoms with van der Waals surface area (Å²) in [7, 11) is 1.65. The number of rotatable bonds is 5. The van der Waals surface area contributed by atoms with Gasteiger partial charge in [-0.3, -0.25) is 16.3 Å². The minimum atomic E-state index is -0.138. The van der Waals surface area contributed by atoms with Crippen molar-refractivity contribution in [2.45, 2.75) is 12.5 Å². The lowest BCUT2D eigenvalue weighted by molar-refractivity contribution is 0.413. The van der Waals surface area contributed by atoms with Gasteiger partial charge in [0.1, 0.15) is 5.75 Å². The van der Waals surface area contributed by atoms with Crippen LogP contribution in [0.15, 0.2) is 42.6 Å². The molecule has 0 saturated heterocycles. The minimum Gasteiger partial charge on any atom is -0.497 e. The standard InChI is InChI=1S/C14H16ClN3O/c1-19-11-5-2-4-10(8-11)9-13(18-16)14-12(15)6-3-7-17-14/h2-8,13,18H,9,16H2,1H3. The van der Waals surface area contributed by atoms with E-state index in [1.165, 1.54) is 0 Å². The van der Waals surface area contributed by atoms with Crippen molar-refractivity contribution in [2.75, 3.05) is 7.11 Å². The lowest BCUT2D eigenvalue weighted by Gasteiger charge is -2.16. The Balaban J connectivity index is 2.21. The van der Waals surface area contributed by atoms with Crippen molar-refractivity contribution < 1.29 is 4.74 Å². The zero-order valence-electron chi connectivity index (χ0n) is 10.6. The van der Waals surface area contributed by atoms with Crippen LogP contribution in [0.25, 0.3) is 0 Å². The molecule has 2 aromatic rings. The normalized spacial score (nSPS) is 12.2. The van der Waals surface area contributed by atoms with Crippen molar-refractivity contribution in [3.8, 4) is 5.75 Å². The summed E-state index contributed by atoms with van der Waals surface area (Å²) in [6.07, 6.45) is 2.39. The molecule has 1 heterocycles. The van der Waals surface area contributed by atoms with Gasteiger partial charge in [0.05, 0.1) is 23.9 Å². The minimum absolute atomic E-state index is 0.138. The zero-order valence-corrected chi connectivity index (χ0v) is 11.4. The topological polar surface area (TPSA) is 60.2 Å². The Kier molecular flexibility index (Phi) is 4.74. The van der Waals surface area contributed by atoms with Crippen LogP contribution in [0, 0.1) is 0 Å². The fourth-order valence-electron chi connectivity index (χ4n) is 1.92. The number of halogens is 1. The largest absolute Gasteiger partial charge is 0.497 e. The van der Waals surface area contributed by atoms with E-state index in [2.05, 4.69) is 10.4 Å². The van der Waals surface area contributed by atoms with Crippen molar-refractivity contribution in [2.24, 2.45) is 5.84 Å². The number of hydrogen-bond acceptors (Lipinski definition) is 4. The van der Waals surface area contributed by atoms with Gasteiger partial charge >= 0.3 is 0 Å². The van der Waals surface area contributed by atoms with Crippen LogP contribution in [0.2, 0.25) is 5.02 Å². The predicted molar refractivity (Wildman–Crippen MR) is 76.0 cm³/mol.